The molecule has 1 unspecified atom stereocenters. The molecule has 0 aliphatic rings. The van der Waals surface area contributed by atoms with E-state index in [1.165, 1.54) is 62.6 Å². The first kappa shape index (κ1) is 37.8. The number of carbonyl (C=O) groups excluding carboxylic acids is 2. The minimum absolute atomic E-state index is 0.0335. The van der Waals surface area contributed by atoms with Crippen LogP contribution in [0.25, 0.3) is 0 Å². The van der Waals surface area contributed by atoms with Gasteiger partial charge in [-0.05, 0) is 49.2 Å². The van der Waals surface area contributed by atoms with Crippen LogP contribution < -0.4 is 14.4 Å². The van der Waals surface area contributed by atoms with Gasteiger partial charge in [0.25, 0.3) is 15.7 Å². The third-order valence-electron chi connectivity index (χ3n) is 8.05. The highest BCUT2D eigenvalue weighted by molar-refractivity contribution is 7.92. The van der Waals surface area contributed by atoms with Crippen molar-refractivity contribution < 1.29 is 32.1 Å². The Bertz CT molecular complexity index is 1950. The Morgan fingerprint density at radius 3 is 2.38 bits per heavy atom. The fraction of sp³-hybridized carbons (Fsp3) is 0.278. The monoisotopic (exact) mass is 724 g/mol. The number of nitrogens with zero attached hydrogens (tertiary/aromatic N) is 3. The second-order valence-electron chi connectivity index (χ2n) is 11.5. The van der Waals surface area contributed by atoms with E-state index in [1.54, 1.807) is 36.4 Å². The zero-order valence-electron chi connectivity index (χ0n) is 27.8. The summed E-state index contributed by atoms with van der Waals surface area (Å²) >= 11 is 6.31. The highest BCUT2D eigenvalue weighted by Crippen LogP contribution is 2.36. The summed E-state index contributed by atoms with van der Waals surface area (Å²) in [6.07, 6.45) is 1.51. The van der Waals surface area contributed by atoms with Gasteiger partial charge in [0.2, 0.25) is 11.8 Å². The summed E-state index contributed by atoms with van der Waals surface area (Å²) in [6.45, 7) is 2.48. The standard InChI is InChI=1S/C36H38ClFN4O7S/c1-4-5-19-39-36(44)33(20-26-11-7-6-8-12-26)40(23-27-13-9-10-14-30(27)38)35(43)24-41(32-21-28(37)16-18-34(32)49-3)50(47,48)29-17-15-25(2)31(22-29)42(45)46/h6-18,21-22,33H,4-5,19-20,23-24H2,1-3H3,(H,39,44). The molecule has 4 aromatic rings. The second-order valence-corrected chi connectivity index (χ2v) is 13.8. The van der Waals surface area contributed by atoms with Gasteiger partial charge in [-0.3, -0.25) is 24.0 Å². The highest BCUT2D eigenvalue weighted by atomic mass is 35.5. The Labute approximate surface area is 295 Å². The number of rotatable bonds is 16. The van der Waals surface area contributed by atoms with Gasteiger partial charge in [0, 0.05) is 41.7 Å². The van der Waals surface area contributed by atoms with Crippen molar-refractivity contribution in [1.29, 1.82) is 0 Å². The average molecular weight is 725 g/mol. The van der Waals surface area contributed by atoms with Crippen LogP contribution in [0.15, 0.2) is 95.9 Å². The minimum atomic E-state index is -4.74. The number of nitro benzene ring substituents is 1. The smallest absolute Gasteiger partial charge is 0.273 e. The second kappa shape index (κ2) is 17.1. The number of benzene rings is 4. The van der Waals surface area contributed by atoms with Crippen LogP contribution in [0, 0.1) is 22.9 Å². The molecule has 0 fully saturated rings. The van der Waals surface area contributed by atoms with Crippen LogP contribution >= 0.6 is 11.6 Å². The summed E-state index contributed by atoms with van der Waals surface area (Å²) in [5.74, 6) is -1.95. The van der Waals surface area contributed by atoms with E-state index in [0.717, 1.165) is 21.7 Å². The summed E-state index contributed by atoms with van der Waals surface area (Å²) in [7, 11) is -3.44. The molecule has 0 heterocycles. The van der Waals surface area contributed by atoms with Gasteiger partial charge < -0.3 is 15.0 Å². The van der Waals surface area contributed by atoms with E-state index in [2.05, 4.69) is 5.32 Å². The number of hydrogen-bond donors (Lipinski definition) is 1. The molecule has 1 atom stereocenters. The average Bonchev–Trinajstić information content (AvgIpc) is 3.09. The molecule has 14 heteroatoms. The Morgan fingerprint density at radius 2 is 1.72 bits per heavy atom. The highest BCUT2D eigenvalue weighted by Gasteiger charge is 2.36. The van der Waals surface area contributed by atoms with Crippen molar-refractivity contribution in [3.8, 4) is 5.75 Å². The fourth-order valence-corrected chi connectivity index (χ4v) is 6.92. The van der Waals surface area contributed by atoms with Crippen LogP contribution in [0.3, 0.4) is 0 Å². The van der Waals surface area contributed by atoms with Gasteiger partial charge in [0.1, 0.15) is 24.2 Å². The maximum absolute atomic E-state index is 15.1. The van der Waals surface area contributed by atoms with E-state index in [1.807, 2.05) is 6.92 Å². The molecule has 2 amide bonds. The van der Waals surface area contributed by atoms with E-state index in [-0.39, 0.29) is 40.6 Å². The van der Waals surface area contributed by atoms with Gasteiger partial charge in [-0.25, -0.2) is 12.8 Å². The molecule has 0 saturated heterocycles. The van der Waals surface area contributed by atoms with Crippen molar-refractivity contribution in [2.24, 2.45) is 0 Å². The number of carbonyl (C=O) groups is 2. The summed E-state index contributed by atoms with van der Waals surface area (Å²) < 4.78 is 50.2. The van der Waals surface area contributed by atoms with Crippen LogP contribution in [0.2, 0.25) is 5.02 Å². The van der Waals surface area contributed by atoms with Crippen LogP contribution in [0.5, 0.6) is 5.75 Å². The lowest BCUT2D eigenvalue weighted by Crippen LogP contribution is -2.53. The zero-order chi connectivity index (χ0) is 36.4. The third-order valence-corrected chi connectivity index (χ3v) is 10.0. The fourth-order valence-electron chi connectivity index (χ4n) is 5.32. The maximum Gasteiger partial charge on any atom is 0.273 e. The van der Waals surface area contributed by atoms with Gasteiger partial charge in [-0.15, -0.1) is 0 Å². The van der Waals surface area contributed by atoms with Crippen molar-refractivity contribution in [3.63, 3.8) is 0 Å². The Balaban J connectivity index is 1.89. The number of anilines is 1. The Hall–Kier alpha value is -5.01. The van der Waals surface area contributed by atoms with Crippen molar-refractivity contribution in [1.82, 2.24) is 10.2 Å². The predicted octanol–water partition coefficient (Wildman–Crippen LogP) is 6.46. The first-order valence-electron chi connectivity index (χ1n) is 15.8. The SMILES string of the molecule is CCCCNC(=O)C(Cc1ccccc1)N(Cc1ccccc1F)C(=O)CN(c1cc(Cl)ccc1OC)S(=O)(=O)c1ccc(C)c([N+](=O)[O-])c1. The lowest BCUT2D eigenvalue weighted by molar-refractivity contribution is -0.385. The van der Waals surface area contributed by atoms with Gasteiger partial charge >= 0.3 is 0 Å². The van der Waals surface area contributed by atoms with Gasteiger partial charge in [-0.2, -0.15) is 0 Å². The number of ether oxygens (including phenoxy) is 1. The molecule has 0 radical (unpaired) electrons. The first-order chi connectivity index (χ1) is 23.9. The van der Waals surface area contributed by atoms with Crippen molar-refractivity contribution in [3.05, 3.63) is 129 Å². The minimum Gasteiger partial charge on any atom is -0.495 e. The number of hydrogen-bond acceptors (Lipinski definition) is 7. The van der Waals surface area contributed by atoms with E-state index in [9.17, 15) is 28.1 Å². The summed E-state index contributed by atoms with van der Waals surface area (Å²) in [5, 5.41) is 14.8. The van der Waals surface area contributed by atoms with E-state index in [4.69, 9.17) is 16.3 Å². The number of nitrogens with one attached hydrogen (secondary N) is 1. The molecule has 11 nitrogen and oxygen atoms in total. The van der Waals surface area contributed by atoms with Gasteiger partial charge in [0.05, 0.1) is 22.6 Å². The molecule has 0 aliphatic carbocycles. The molecule has 0 bridgehead atoms. The van der Waals surface area contributed by atoms with E-state index < -0.39 is 55.7 Å². The molecular weight excluding hydrogens is 687 g/mol. The van der Waals surface area contributed by atoms with Crippen molar-refractivity contribution in [2.45, 2.75) is 50.6 Å². The van der Waals surface area contributed by atoms with Gasteiger partial charge in [0.15, 0.2) is 0 Å². The largest absolute Gasteiger partial charge is 0.495 e. The van der Waals surface area contributed by atoms with Crippen LogP contribution in [0.1, 0.15) is 36.5 Å². The van der Waals surface area contributed by atoms with Crippen LogP contribution in [-0.2, 0) is 32.6 Å². The molecular formula is C36H38ClFN4O7S. The molecule has 4 rings (SSSR count). The van der Waals surface area contributed by atoms with Crippen LogP contribution in [0.4, 0.5) is 15.8 Å². The van der Waals surface area contributed by atoms with Gasteiger partial charge in [-0.1, -0.05) is 79.5 Å². The number of halogens is 2. The first-order valence-corrected chi connectivity index (χ1v) is 17.6. The quantitative estimate of drug-likeness (QED) is 0.0796. The molecule has 264 valence electrons. The van der Waals surface area contributed by atoms with E-state index >= 15 is 4.39 Å². The van der Waals surface area contributed by atoms with Crippen molar-refractivity contribution in [2.75, 3.05) is 24.5 Å². The summed E-state index contributed by atoms with van der Waals surface area (Å²) in [5.41, 5.74) is 0.468. The lowest BCUT2D eigenvalue weighted by atomic mass is 10.0. The normalized spacial score (nSPS) is 11.8. The van der Waals surface area contributed by atoms with E-state index in [0.29, 0.717) is 18.5 Å². The summed E-state index contributed by atoms with van der Waals surface area (Å²) in [6, 6.07) is 21.1. The van der Waals surface area contributed by atoms with Crippen molar-refractivity contribution >= 4 is 44.8 Å². The molecule has 4 aromatic carbocycles. The molecule has 0 spiro atoms. The Morgan fingerprint density at radius 1 is 1.02 bits per heavy atom. The maximum atomic E-state index is 15.1. The number of methoxy groups -OCH3 is 1. The number of nitro groups is 1. The molecule has 0 aliphatic heterocycles. The molecule has 0 saturated carbocycles. The lowest BCUT2D eigenvalue weighted by Gasteiger charge is -2.34. The summed E-state index contributed by atoms with van der Waals surface area (Å²) in [4.78, 5) is 40.3. The van der Waals surface area contributed by atoms with Crippen LogP contribution in [-0.4, -0.2) is 56.3 Å². The third kappa shape index (κ3) is 9.16. The predicted molar refractivity (Wildman–Crippen MR) is 189 cm³/mol. The topological polar surface area (TPSA) is 139 Å². The zero-order valence-corrected chi connectivity index (χ0v) is 29.4. The number of sulfonamides is 1. The number of aryl methyl sites for hydroxylation is 1. The Kier molecular flexibility index (Phi) is 12.9. The molecule has 0 aromatic heterocycles. The molecule has 1 N–H and O–H groups in total. The number of unbranched alkanes of at least 4 members (excludes halogenated alkanes) is 1. The molecule has 50 heavy (non-hydrogen) atoms. The number of amides is 2.